The highest BCUT2D eigenvalue weighted by molar-refractivity contribution is 5.86. The minimum atomic E-state index is -0.965. The Bertz CT molecular complexity index is 346. The number of hydrogen-bond donors (Lipinski definition) is 1. The van der Waals surface area contributed by atoms with Gasteiger partial charge in [-0.15, -0.1) is 0 Å². The van der Waals surface area contributed by atoms with E-state index in [4.69, 9.17) is 9.84 Å². The predicted octanol–water partition coefficient (Wildman–Crippen LogP) is 1.63. The molecule has 0 aliphatic rings. The fraction of sp³-hybridized carbons (Fsp3) is 0.273. The van der Waals surface area contributed by atoms with Gasteiger partial charge in [0, 0.05) is 18.8 Å². The van der Waals surface area contributed by atoms with Crippen LogP contribution in [0.5, 0.6) is 0 Å². The Kier molecular flexibility index (Phi) is 4.34. The number of carbonyl (C=O) groups is 1. The molecule has 15 heavy (non-hydrogen) atoms. The van der Waals surface area contributed by atoms with Gasteiger partial charge >= 0.3 is 5.97 Å². The average Bonchev–Trinajstić information content (AvgIpc) is 2.25. The molecule has 0 amide bonds. The van der Waals surface area contributed by atoms with E-state index in [2.05, 4.69) is 4.98 Å². The molecule has 1 aromatic rings. The van der Waals surface area contributed by atoms with Crippen LogP contribution in [0, 0.1) is 0 Å². The van der Waals surface area contributed by atoms with Gasteiger partial charge in [0.15, 0.2) is 0 Å². The molecule has 4 nitrogen and oxygen atoms in total. The van der Waals surface area contributed by atoms with Gasteiger partial charge in [0.05, 0.1) is 18.4 Å². The van der Waals surface area contributed by atoms with Crippen LogP contribution >= 0.6 is 0 Å². The van der Waals surface area contributed by atoms with Gasteiger partial charge in [-0.1, -0.05) is 6.07 Å². The van der Waals surface area contributed by atoms with E-state index < -0.39 is 5.97 Å². The van der Waals surface area contributed by atoms with E-state index in [1.807, 2.05) is 6.07 Å². The molecular weight excluding hydrogens is 194 g/mol. The summed E-state index contributed by atoms with van der Waals surface area (Å²) in [4.78, 5) is 14.8. The van der Waals surface area contributed by atoms with Gasteiger partial charge in [-0.2, -0.15) is 0 Å². The standard InChI is InChI=1S/C11H13NO3/c1-2-15-8-10(11(13)14)6-9-4-3-5-12-7-9/h3-5,7-8H,2,6H2,1H3,(H,13,14). The molecule has 1 heterocycles. The fourth-order valence-corrected chi connectivity index (χ4v) is 1.07. The topological polar surface area (TPSA) is 59.4 Å². The molecule has 0 fully saturated rings. The van der Waals surface area contributed by atoms with Crippen molar-refractivity contribution in [3.8, 4) is 0 Å². The number of carboxylic acids is 1. The van der Waals surface area contributed by atoms with E-state index in [0.717, 1.165) is 5.56 Å². The number of hydrogen-bond acceptors (Lipinski definition) is 3. The van der Waals surface area contributed by atoms with Crippen molar-refractivity contribution < 1.29 is 14.6 Å². The third-order valence-electron chi connectivity index (χ3n) is 1.78. The summed E-state index contributed by atoms with van der Waals surface area (Å²) in [7, 11) is 0. The molecule has 0 aliphatic heterocycles. The lowest BCUT2D eigenvalue weighted by molar-refractivity contribution is -0.132. The lowest BCUT2D eigenvalue weighted by Crippen LogP contribution is -2.05. The maximum absolute atomic E-state index is 10.8. The largest absolute Gasteiger partial charge is 0.501 e. The third kappa shape index (κ3) is 3.81. The molecular formula is C11H13NO3. The molecule has 4 heteroatoms. The first-order valence-electron chi connectivity index (χ1n) is 4.67. The van der Waals surface area contributed by atoms with Gasteiger partial charge in [-0.3, -0.25) is 4.98 Å². The molecule has 1 aromatic heterocycles. The van der Waals surface area contributed by atoms with Crippen LogP contribution in [0.3, 0.4) is 0 Å². The maximum atomic E-state index is 10.8. The van der Waals surface area contributed by atoms with Crippen molar-refractivity contribution in [3.63, 3.8) is 0 Å². The van der Waals surface area contributed by atoms with Crippen molar-refractivity contribution in [2.45, 2.75) is 13.3 Å². The summed E-state index contributed by atoms with van der Waals surface area (Å²) in [6.45, 7) is 2.27. The summed E-state index contributed by atoms with van der Waals surface area (Å²) in [5, 5.41) is 8.89. The van der Waals surface area contributed by atoms with Crippen LogP contribution in [-0.4, -0.2) is 22.7 Å². The number of pyridine rings is 1. The molecule has 0 aromatic carbocycles. The first kappa shape index (κ1) is 11.2. The van der Waals surface area contributed by atoms with Crippen molar-refractivity contribution in [2.24, 2.45) is 0 Å². The summed E-state index contributed by atoms with van der Waals surface area (Å²) >= 11 is 0. The van der Waals surface area contributed by atoms with E-state index in [1.165, 1.54) is 6.26 Å². The first-order chi connectivity index (χ1) is 7.24. The number of rotatable bonds is 5. The summed E-state index contributed by atoms with van der Waals surface area (Å²) in [6.07, 6.45) is 4.90. The second kappa shape index (κ2) is 5.80. The summed E-state index contributed by atoms with van der Waals surface area (Å²) in [5.41, 5.74) is 1.08. The smallest absolute Gasteiger partial charge is 0.335 e. The Labute approximate surface area is 88.2 Å². The molecule has 0 unspecified atom stereocenters. The minimum absolute atomic E-state index is 0.227. The van der Waals surface area contributed by atoms with E-state index in [1.54, 1.807) is 25.4 Å². The van der Waals surface area contributed by atoms with Gasteiger partial charge in [0.25, 0.3) is 0 Å². The molecule has 1 N–H and O–H groups in total. The molecule has 80 valence electrons. The zero-order valence-corrected chi connectivity index (χ0v) is 8.51. The monoisotopic (exact) mass is 207 g/mol. The molecule has 0 bridgehead atoms. The number of ether oxygens (including phenoxy) is 1. The molecule has 0 aliphatic carbocycles. The summed E-state index contributed by atoms with van der Waals surface area (Å²) in [6, 6.07) is 3.60. The third-order valence-corrected chi connectivity index (χ3v) is 1.78. The van der Waals surface area contributed by atoms with E-state index >= 15 is 0 Å². The first-order valence-corrected chi connectivity index (χ1v) is 4.67. The zero-order valence-electron chi connectivity index (χ0n) is 8.51. The van der Waals surface area contributed by atoms with E-state index in [9.17, 15) is 4.79 Å². The van der Waals surface area contributed by atoms with E-state index in [0.29, 0.717) is 13.0 Å². The Balaban J connectivity index is 2.72. The molecule has 0 saturated carbocycles. The van der Waals surface area contributed by atoms with Crippen molar-refractivity contribution in [3.05, 3.63) is 41.9 Å². The van der Waals surface area contributed by atoms with E-state index in [-0.39, 0.29) is 5.57 Å². The van der Waals surface area contributed by atoms with Gasteiger partial charge < -0.3 is 9.84 Å². The molecule has 0 radical (unpaired) electrons. The Hall–Kier alpha value is -1.84. The SMILES string of the molecule is CCOC=C(Cc1cccnc1)C(=O)O. The van der Waals surface area contributed by atoms with Gasteiger partial charge in [-0.25, -0.2) is 4.79 Å². The number of nitrogens with zero attached hydrogens (tertiary/aromatic N) is 1. The summed E-state index contributed by atoms with van der Waals surface area (Å²) < 4.78 is 4.97. The van der Waals surface area contributed by atoms with Gasteiger partial charge in [-0.05, 0) is 18.6 Å². The Morgan fingerprint density at radius 1 is 1.67 bits per heavy atom. The number of aliphatic carboxylic acids is 1. The summed E-state index contributed by atoms with van der Waals surface area (Å²) in [5.74, 6) is -0.965. The highest BCUT2D eigenvalue weighted by Crippen LogP contribution is 2.07. The number of aromatic nitrogens is 1. The van der Waals surface area contributed by atoms with Crippen LogP contribution in [0.25, 0.3) is 0 Å². The second-order valence-corrected chi connectivity index (χ2v) is 2.94. The molecule has 0 atom stereocenters. The lowest BCUT2D eigenvalue weighted by Gasteiger charge is -2.02. The average molecular weight is 207 g/mol. The van der Waals surface area contributed by atoms with Crippen molar-refractivity contribution in [2.75, 3.05) is 6.61 Å². The van der Waals surface area contributed by atoms with Gasteiger partial charge in [0.1, 0.15) is 0 Å². The Morgan fingerprint density at radius 2 is 2.47 bits per heavy atom. The molecule has 1 rings (SSSR count). The van der Waals surface area contributed by atoms with Crippen LogP contribution in [0.4, 0.5) is 0 Å². The molecule has 0 spiro atoms. The highest BCUT2D eigenvalue weighted by atomic mass is 16.5. The zero-order chi connectivity index (χ0) is 11.1. The van der Waals surface area contributed by atoms with Crippen LogP contribution in [0.2, 0.25) is 0 Å². The van der Waals surface area contributed by atoms with Crippen molar-refractivity contribution in [1.29, 1.82) is 0 Å². The highest BCUT2D eigenvalue weighted by Gasteiger charge is 2.08. The normalized spacial score (nSPS) is 11.1. The van der Waals surface area contributed by atoms with Crippen LogP contribution < -0.4 is 0 Å². The van der Waals surface area contributed by atoms with Crippen molar-refractivity contribution >= 4 is 5.97 Å². The lowest BCUT2D eigenvalue weighted by atomic mass is 10.1. The second-order valence-electron chi connectivity index (χ2n) is 2.94. The predicted molar refractivity (Wildman–Crippen MR) is 55.3 cm³/mol. The maximum Gasteiger partial charge on any atom is 0.335 e. The quantitative estimate of drug-likeness (QED) is 0.589. The number of carboxylic acid groups (broad SMARTS) is 1. The van der Waals surface area contributed by atoms with Crippen LogP contribution in [0.15, 0.2) is 36.4 Å². The van der Waals surface area contributed by atoms with Crippen LogP contribution in [0.1, 0.15) is 12.5 Å². The Morgan fingerprint density at radius 3 is 3.00 bits per heavy atom. The van der Waals surface area contributed by atoms with Crippen LogP contribution in [-0.2, 0) is 16.0 Å². The molecule has 0 saturated heterocycles. The minimum Gasteiger partial charge on any atom is -0.501 e. The van der Waals surface area contributed by atoms with Gasteiger partial charge in [0.2, 0.25) is 0 Å². The fourth-order valence-electron chi connectivity index (χ4n) is 1.07. The van der Waals surface area contributed by atoms with Crippen molar-refractivity contribution in [1.82, 2.24) is 4.98 Å².